The van der Waals surface area contributed by atoms with Crippen LogP contribution in [0, 0.1) is 10.8 Å². The van der Waals surface area contributed by atoms with Gasteiger partial charge in [-0.15, -0.1) is 11.3 Å². The first-order valence-corrected chi connectivity index (χ1v) is 8.85. The minimum atomic E-state index is -1.05. The molecule has 2 unspecified atom stereocenters. The highest BCUT2D eigenvalue weighted by Gasteiger charge is 2.66. The number of aliphatic hydroxyl groups is 1. The monoisotopic (exact) mass is 340 g/mol. The van der Waals surface area contributed by atoms with Crippen LogP contribution in [0.15, 0.2) is 11.6 Å². The maximum absolute atomic E-state index is 11.9. The van der Waals surface area contributed by atoms with Crippen LogP contribution in [0.2, 0.25) is 0 Å². The number of likely N-dealkylation sites (tertiary alicyclic amines) is 1. The van der Waals surface area contributed by atoms with Gasteiger partial charge in [-0.1, -0.05) is 41.5 Å². The van der Waals surface area contributed by atoms with Crippen LogP contribution in [0.3, 0.4) is 0 Å². The van der Waals surface area contributed by atoms with E-state index in [1.54, 1.807) is 6.20 Å². The Bertz CT molecular complexity index is 574. The van der Waals surface area contributed by atoms with E-state index in [9.17, 15) is 15.0 Å². The number of piperidine rings is 1. The molecule has 0 aliphatic carbocycles. The topological polar surface area (TPSA) is 73.7 Å². The van der Waals surface area contributed by atoms with Crippen molar-refractivity contribution in [2.24, 2.45) is 10.8 Å². The lowest BCUT2D eigenvalue weighted by molar-refractivity contribution is -0.187. The van der Waals surface area contributed by atoms with Crippen molar-refractivity contribution in [1.29, 1.82) is 0 Å². The second kappa shape index (κ2) is 5.45. The van der Waals surface area contributed by atoms with E-state index in [0.29, 0.717) is 13.0 Å². The molecular weight excluding hydrogens is 312 g/mol. The largest absolute Gasteiger partial charge is 0.465 e. The molecule has 0 spiro atoms. The Morgan fingerprint density at radius 1 is 1.26 bits per heavy atom. The molecule has 2 atom stereocenters. The molecule has 23 heavy (non-hydrogen) atoms. The second-order valence-corrected chi connectivity index (χ2v) is 9.45. The van der Waals surface area contributed by atoms with Crippen LogP contribution in [0.25, 0.3) is 0 Å². The molecule has 0 bridgehead atoms. The third-order valence-electron chi connectivity index (χ3n) is 5.47. The van der Waals surface area contributed by atoms with E-state index in [1.807, 2.05) is 26.2 Å². The predicted octanol–water partition coefficient (Wildman–Crippen LogP) is 3.59. The number of hydrogen-bond acceptors (Lipinski definition) is 4. The van der Waals surface area contributed by atoms with Gasteiger partial charge in [-0.2, -0.15) is 0 Å². The summed E-state index contributed by atoms with van der Waals surface area (Å²) in [6.07, 6.45) is 1.20. The van der Waals surface area contributed by atoms with Crippen molar-refractivity contribution in [1.82, 2.24) is 9.88 Å². The summed E-state index contributed by atoms with van der Waals surface area (Å²) in [5, 5.41) is 24.1. The molecule has 2 heterocycles. The number of carboxylic acid groups (broad SMARTS) is 1. The van der Waals surface area contributed by atoms with Gasteiger partial charge >= 0.3 is 6.09 Å². The molecule has 0 saturated carbocycles. The third-order valence-corrected chi connectivity index (χ3v) is 6.40. The zero-order valence-electron chi connectivity index (χ0n) is 14.9. The highest BCUT2D eigenvalue weighted by Crippen LogP contribution is 2.59. The number of rotatable bonds is 1. The quantitative estimate of drug-likeness (QED) is 0.819. The average Bonchev–Trinajstić information content (AvgIpc) is 2.90. The molecular formula is C17H28N2O3S. The normalized spacial score (nSPS) is 29.6. The summed E-state index contributed by atoms with van der Waals surface area (Å²) >= 11 is 1.50. The molecule has 1 fully saturated rings. The number of carbonyl (C=O) groups is 1. The summed E-state index contributed by atoms with van der Waals surface area (Å²) in [7, 11) is 0. The molecule has 5 nitrogen and oxygen atoms in total. The number of nitrogens with zero attached hydrogens (tertiary/aromatic N) is 2. The van der Waals surface area contributed by atoms with Crippen molar-refractivity contribution in [3.8, 4) is 0 Å². The van der Waals surface area contributed by atoms with Crippen LogP contribution in [0.1, 0.15) is 53.0 Å². The first-order valence-electron chi connectivity index (χ1n) is 7.97. The van der Waals surface area contributed by atoms with Crippen LogP contribution in [0.4, 0.5) is 4.79 Å². The molecule has 1 saturated heterocycles. The highest BCUT2D eigenvalue weighted by molar-refractivity contribution is 7.09. The van der Waals surface area contributed by atoms with Crippen LogP contribution in [0.5, 0.6) is 0 Å². The fraction of sp³-hybridized carbons (Fsp3) is 0.765. The summed E-state index contributed by atoms with van der Waals surface area (Å²) in [4.78, 5) is 17.6. The van der Waals surface area contributed by atoms with Crippen molar-refractivity contribution in [3.63, 3.8) is 0 Å². The SMILES string of the molecule is CC(C)(C)C1(O)CCN(C(=O)O)CC1(c1nccs1)C(C)(C)C. The van der Waals surface area contributed by atoms with E-state index < -0.39 is 22.5 Å². The first-order chi connectivity index (χ1) is 10.4. The lowest BCUT2D eigenvalue weighted by atomic mass is 9.48. The Balaban J connectivity index is 2.75. The molecule has 6 heteroatoms. The van der Waals surface area contributed by atoms with Crippen molar-refractivity contribution in [3.05, 3.63) is 16.6 Å². The van der Waals surface area contributed by atoms with Gasteiger partial charge in [-0.25, -0.2) is 9.78 Å². The highest BCUT2D eigenvalue weighted by atomic mass is 32.1. The molecule has 1 aromatic rings. The number of hydrogen-bond donors (Lipinski definition) is 2. The Morgan fingerprint density at radius 3 is 2.26 bits per heavy atom. The summed E-state index contributed by atoms with van der Waals surface area (Å²) in [5.41, 5.74) is -2.58. The van der Waals surface area contributed by atoms with E-state index in [0.717, 1.165) is 5.01 Å². The summed E-state index contributed by atoms with van der Waals surface area (Å²) in [6.45, 7) is 12.9. The van der Waals surface area contributed by atoms with Crippen LogP contribution in [-0.2, 0) is 5.41 Å². The predicted molar refractivity (Wildman–Crippen MR) is 91.9 cm³/mol. The lowest BCUT2D eigenvalue weighted by Crippen LogP contribution is -2.72. The molecule has 1 amide bonds. The van der Waals surface area contributed by atoms with E-state index in [2.05, 4.69) is 25.8 Å². The number of amides is 1. The summed E-state index contributed by atoms with van der Waals surface area (Å²) < 4.78 is 0. The zero-order valence-corrected chi connectivity index (χ0v) is 15.7. The average molecular weight is 340 g/mol. The standard InChI is InChI=1S/C17H28N2O3S/c1-14(2,3)16(12-18-8-10-23-12)11-19(13(20)21)9-7-17(16,22)15(4,5)6/h8,10,22H,7,9,11H2,1-6H3,(H,20,21). The minimum absolute atomic E-state index is 0.257. The summed E-state index contributed by atoms with van der Waals surface area (Å²) in [5.74, 6) is 0. The third kappa shape index (κ3) is 2.56. The maximum atomic E-state index is 11.9. The van der Waals surface area contributed by atoms with Gasteiger partial charge in [0.15, 0.2) is 0 Å². The zero-order chi connectivity index (χ0) is 17.7. The van der Waals surface area contributed by atoms with Gasteiger partial charge in [0, 0.05) is 24.7 Å². The first kappa shape index (κ1) is 18.2. The minimum Gasteiger partial charge on any atom is -0.465 e. The smallest absolute Gasteiger partial charge is 0.407 e. The Hall–Kier alpha value is -1.14. The second-order valence-electron chi connectivity index (χ2n) is 8.56. The fourth-order valence-corrected chi connectivity index (χ4v) is 5.15. The van der Waals surface area contributed by atoms with Gasteiger partial charge in [0.25, 0.3) is 0 Å². The van der Waals surface area contributed by atoms with Crippen molar-refractivity contribution in [2.45, 2.75) is 59.0 Å². The van der Waals surface area contributed by atoms with Gasteiger partial charge in [0.05, 0.1) is 11.0 Å². The Morgan fingerprint density at radius 2 is 1.87 bits per heavy atom. The van der Waals surface area contributed by atoms with E-state index >= 15 is 0 Å². The molecule has 130 valence electrons. The molecule has 1 aromatic heterocycles. The number of aromatic nitrogens is 1. The van der Waals surface area contributed by atoms with Crippen LogP contribution < -0.4 is 0 Å². The van der Waals surface area contributed by atoms with Gasteiger partial charge in [-0.3, -0.25) is 0 Å². The lowest BCUT2D eigenvalue weighted by Gasteiger charge is -2.62. The van der Waals surface area contributed by atoms with Gasteiger partial charge in [-0.05, 0) is 17.3 Å². The van der Waals surface area contributed by atoms with Gasteiger partial charge < -0.3 is 15.1 Å². The van der Waals surface area contributed by atoms with Gasteiger partial charge in [0.2, 0.25) is 0 Å². The van der Waals surface area contributed by atoms with Gasteiger partial charge in [0.1, 0.15) is 5.01 Å². The Kier molecular flexibility index (Phi) is 4.31. The van der Waals surface area contributed by atoms with E-state index in [1.165, 1.54) is 16.2 Å². The Labute approximate surface area is 142 Å². The number of thiazole rings is 1. The van der Waals surface area contributed by atoms with Crippen LogP contribution >= 0.6 is 11.3 Å². The van der Waals surface area contributed by atoms with E-state index in [-0.39, 0.29) is 12.0 Å². The molecule has 1 aliphatic rings. The molecule has 1 aliphatic heterocycles. The molecule has 2 N–H and O–H groups in total. The summed E-state index contributed by atoms with van der Waals surface area (Å²) in [6, 6.07) is 0. The van der Waals surface area contributed by atoms with Crippen LogP contribution in [-0.4, -0.2) is 44.9 Å². The van der Waals surface area contributed by atoms with Crippen molar-refractivity contribution in [2.75, 3.05) is 13.1 Å². The molecule has 0 radical (unpaired) electrons. The molecule has 2 rings (SSSR count). The van der Waals surface area contributed by atoms with Crippen molar-refractivity contribution >= 4 is 17.4 Å². The van der Waals surface area contributed by atoms with E-state index in [4.69, 9.17) is 0 Å². The maximum Gasteiger partial charge on any atom is 0.407 e. The molecule has 0 aromatic carbocycles. The van der Waals surface area contributed by atoms with Crippen molar-refractivity contribution < 1.29 is 15.0 Å². The fourth-order valence-electron chi connectivity index (χ4n) is 4.04.